The van der Waals surface area contributed by atoms with Crippen LogP contribution in [0.25, 0.3) is 10.8 Å². The molecule has 1 aliphatic rings. The first-order chi connectivity index (χ1) is 14.3. The zero-order valence-corrected chi connectivity index (χ0v) is 17.3. The van der Waals surface area contributed by atoms with Crippen LogP contribution < -0.4 is 4.90 Å². The quantitative estimate of drug-likeness (QED) is 0.430. The molecule has 0 spiro atoms. The van der Waals surface area contributed by atoms with Gasteiger partial charge in [-0.05, 0) is 63.2 Å². The van der Waals surface area contributed by atoms with Gasteiger partial charge in [0.15, 0.2) is 0 Å². The van der Waals surface area contributed by atoms with E-state index in [0.717, 1.165) is 23.3 Å². The Bertz CT molecular complexity index is 945. The molecule has 0 aromatic heterocycles. The Hall–Kier alpha value is -2.72. The fourth-order valence-electron chi connectivity index (χ4n) is 4.13. The lowest BCUT2D eigenvalue weighted by atomic mass is 10.1. The van der Waals surface area contributed by atoms with Crippen LogP contribution >= 0.6 is 0 Å². The van der Waals surface area contributed by atoms with Crippen molar-refractivity contribution >= 4 is 27.8 Å². The normalized spacial score (nSPS) is 15.2. The third-order valence-electron chi connectivity index (χ3n) is 5.74. The maximum absolute atomic E-state index is 4.53. The van der Waals surface area contributed by atoms with E-state index in [0.29, 0.717) is 0 Å². The Morgan fingerprint density at radius 2 is 1.52 bits per heavy atom. The molecule has 0 N–H and O–H groups in total. The predicted octanol–water partition coefficient (Wildman–Crippen LogP) is 6.57. The molecule has 0 amide bonds. The number of hydrogen-bond acceptors (Lipinski definition) is 4. The molecular weight excluding hydrogens is 356 g/mol. The van der Waals surface area contributed by atoms with Crippen LogP contribution in [0.1, 0.15) is 25.7 Å². The van der Waals surface area contributed by atoms with Crippen LogP contribution in [0.5, 0.6) is 0 Å². The van der Waals surface area contributed by atoms with Gasteiger partial charge >= 0.3 is 0 Å². The average Bonchev–Trinajstić information content (AvgIpc) is 2.79. The Morgan fingerprint density at radius 3 is 2.31 bits per heavy atom. The topological polar surface area (TPSA) is 31.2 Å². The second-order valence-electron chi connectivity index (χ2n) is 7.86. The molecule has 4 rings (SSSR count). The second kappa shape index (κ2) is 9.66. The Morgan fingerprint density at radius 1 is 0.793 bits per heavy atom. The van der Waals surface area contributed by atoms with Gasteiger partial charge in [0.25, 0.3) is 0 Å². The highest BCUT2D eigenvalue weighted by atomic mass is 15.1. The SMILES string of the molecule is CN(CCCN1CCCCC1)c1ccc(N=Nc2ccccc2)c2ccccc12. The maximum atomic E-state index is 4.53. The van der Waals surface area contributed by atoms with Gasteiger partial charge in [-0.2, -0.15) is 5.11 Å². The number of likely N-dealkylation sites (tertiary alicyclic amines) is 1. The summed E-state index contributed by atoms with van der Waals surface area (Å²) >= 11 is 0. The lowest BCUT2D eigenvalue weighted by Gasteiger charge is -2.28. The van der Waals surface area contributed by atoms with Crippen molar-refractivity contribution in [1.29, 1.82) is 0 Å². The van der Waals surface area contributed by atoms with Gasteiger partial charge in [0.2, 0.25) is 0 Å². The number of benzene rings is 3. The standard InChI is InChI=1S/C25H30N4/c1-28(17-10-20-29-18-8-3-9-19-29)25-16-15-24(22-13-6-7-14-23(22)25)27-26-21-11-4-2-5-12-21/h2,4-7,11-16H,3,8-10,17-20H2,1H3. The van der Waals surface area contributed by atoms with E-state index in [4.69, 9.17) is 0 Å². The van der Waals surface area contributed by atoms with E-state index in [9.17, 15) is 0 Å². The molecule has 1 heterocycles. The van der Waals surface area contributed by atoms with Gasteiger partial charge in [0.1, 0.15) is 0 Å². The summed E-state index contributed by atoms with van der Waals surface area (Å²) in [6, 6.07) is 22.7. The van der Waals surface area contributed by atoms with Crippen molar-refractivity contribution in [2.75, 3.05) is 38.1 Å². The molecule has 0 unspecified atom stereocenters. The summed E-state index contributed by atoms with van der Waals surface area (Å²) in [7, 11) is 2.20. The maximum Gasteiger partial charge on any atom is 0.0936 e. The van der Waals surface area contributed by atoms with Gasteiger partial charge in [-0.25, -0.2) is 0 Å². The van der Waals surface area contributed by atoms with Crippen LogP contribution in [0.2, 0.25) is 0 Å². The molecule has 4 heteroatoms. The lowest BCUT2D eigenvalue weighted by Crippen LogP contribution is -2.32. The highest BCUT2D eigenvalue weighted by Gasteiger charge is 2.12. The smallest absolute Gasteiger partial charge is 0.0936 e. The molecule has 3 aromatic rings. The summed E-state index contributed by atoms with van der Waals surface area (Å²) in [5.41, 5.74) is 3.04. The van der Waals surface area contributed by atoms with Crippen molar-refractivity contribution in [2.45, 2.75) is 25.7 Å². The number of piperidine rings is 1. The van der Waals surface area contributed by atoms with Gasteiger partial charge in [-0.15, -0.1) is 5.11 Å². The van der Waals surface area contributed by atoms with E-state index in [1.807, 2.05) is 30.3 Å². The number of anilines is 1. The van der Waals surface area contributed by atoms with Crippen molar-refractivity contribution in [3.05, 3.63) is 66.7 Å². The molecule has 1 fully saturated rings. The van der Waals surface area contributed by atoms with Crippen LogP contribution in [0, 0.1) is 0 Å². The summed E-state index contributed by atoms with van der Waals surface area (Å²) in [5.74, 6) is 0. The lowest BCUT2D eigenvalue weighted by molar-refractivity contribution is 0.227. The predicted molar refractivity (Wildman–Crippen MR) is 123 cm³/mol. The van der Waals surface area contributed by atoms with Crippen LogP contribution in [-0.2, 0) is 0 Å². The molecule has 1 saturated heterocycles. The van der Waals surface area contributed by atoms with E-state index in [1.165, 1.54) is 56.4 Å². The molecule has 0 radical (unpaired) electrons. The minimum Gasteiger partial charge on any atom is -0.374 e. The Labute approximate surface area is 173 Å². The van der Waals surface area contributed by atoms with Crippen LogP contribution in [0.4, 0.5) is 17.1 Å². The number of rotatable bonds is 7. The molecule has 4 nitrogen and oxygen atoms in total. The molecule has 1 aliphatic heterocycles. The third-order valence-corrected chi connectivity index (χ3v) is 5.74. The molecule has 3 aromatic carbocycles. The summed E-state index contributed by atoms with van der Waals surface area (Å²) < 4.78 is 0. The molecule has 0 bridgehead atoms. The highest BCUT2D eigenvalue weighted by molar-refractivity contribution is 6.01. The summed E-state index contributed by atoms with van der Waals surface area (Å²) in [6.07, 6.45) is 5.32. The molecular formula is C25H30N4. The molecule has 0 aliphatic carbocycles. The summed E-state index contributed by atoms with van der Waals surface area (Å²) in [4.78, 5) is 4.99. The van der Waals surface area contributed by atoms with Gasteiger partial charge in [0.05, 0.1) is 11.4 Å². The zero-order valence-electron chi connectivity index (χ0n) is 17.3. The van der Waals surface area contributed by atoms with Crippen LogP contribution in [0.3, 0.4) is 0 Å². The number of fused-ring (bicyclic) bond motifs is 1. The molecule has 29 heavy (non-hydrogen) atoms. The van der Waals surface area contributed by atoms with Crippen LogP contribution in [-0.4, -0.2) is 38.1 Å². The first-order valence-electron chi connectivity index (χ1n) is 10.7. The van der Waals surface area contributed by atoms with Crippen molar-refractivity contribution in [3.63, 3.8) is 0 Å². The number of nitrogens with zero attached hydrogens (tertiary/aromatic N) is 4. The minimum absolute atomic E-state index is 0.871. The Balaban J connectivity index is 1.49. The zero-order chi connectivity index (χ0) is 19.9. The molecule has 0 atom stereocenters. The van der Waals surface area contributed by atoms with Crippen molar-refractivity contribution in [2.24, 2.45) is 10.2 Å². The van der Waals surface area contributed by atoms with Gasteiger partial charge in [-0.3, -0.25) is 0 Å². The fraction of sp³-hybridized carbons (Fsp3) is 0.360. The van der Waals surface area contributed by atoms with E-state index in [1.54, 1.807) is 0 Å². The minimum atomic E-state index is 0.871. The van der Waals surface area contributed by atoms with Crippen molar-refractivity contribution in [3.8, 4) is 0 Å². The highest BCUT2D eigenvalue weighted by Crippen LogP contribution is 2.34. The third kappa shape index (κ3) is 5.01. The van der Waals surface area contributed by atoms with Gasteiger partial charge in [-0.1, -0.05) is 48.9 Å². The number of azo groups is 1. The average molecular weight is 387 g/mol. The largest absolute Gasteiger partial charge is 0.374 e. The van der Waals surface area contributed by atoms with E-state index in [2.05, 4.69) is 63.5 Å². The second-order valence-corrected chi connectivity index (χ2v) is 7.86. The van der Waals surface area contributed by atoms with E-state index >= 15 is 0 Å². The molecule has 0 saturated carbocycles. The van der Waals surface area contributed by atoms with Gasteiger partial charge < -0.3 is 9.80 Å². The monoisotopic (exact) mass is 386 g/mol. The van der Waals surface area contributed by atoms with Crippen LogP contribution in [0.15, 0.2) is 77.0 Å². The first kappa shape index (κ1) is 19.6. The summed E-state index contributed by atoms with van der Waals surface area (Å²) in [6.45, 7) is 4.80. The Kier molecular flexibility index (Phi) is 6.52. The van der Waals surface area contributed by atoms with Gasteiger partial charge in [0, 0.05) is 30.1 Å². The first-order valence-corrected chi connectivity index (χ1v) is 10.7. The van der Waals surface area contributed by atoms with E-state index < -0.39 is 0 Å². The number of hydrogen-bond donors (Lipinski definition) is 0. The molecule has 150 valence electrons. The van der Waals surface area contributed by atoms with E-state index in [-0.39, 0.29) is 0 Å². The fourth-order valence-corrected chi connectivity index (χ4v) is 4.13. The van der Waals surface area contributed by atoms with Crippen molar-refractivity contribution < 1.29 is 0 Å². The summed E-state index contributed by atoms with van der Waals surface area (Å²) in [5, 5.41) is 11.3. The van der Waals surface area contributed by atoms with Crippen molar-refractivity contribution in [1.82, 2.24) is 4.90 Å².